The van der Waals surface area contributed by atoms with Crippen LogP contribution in [0.5, 0.6) is 0 Å². The smallest absolute Gasteiger partial charge is 0.275 e. The van der Waals surface area contributed by atoms with Gasteiger partial charge in [-0.05, 0) is 18.9 Å². The number of hydrogen-bond donors (Lipinski definition) is 2. The van der Waals surface area contributed by atoms with Crippen molar-refractivity contribution in [2.24, 2.45) is 0 Å². The Morgan fingerprint density at radius 1 is 1.05 bits per heavy atom. The Labute approximate surface area is 126 Å². The van der Waals surface area contributed by atoms with Crippen LogP contribution in [-0.4, -0.2) is 19.0 Å². The van der Waals surface area contributed by atoms with Crippen molar-refractivity contribution >= 4 is 5.91 Å². The van der Waals surface area contributed by atoms with Crippen molar-refractivity contribution in [1.82, 2.24) is 5.32 Å². The molecule has 3 N–H and O–H groups in total. The highest BCUT2D eigenvalue weighted by molar-refractivity contribution is 5.76. The van der Waals surface area contributed by atoms with Crippen molar-refractivity contribution in [2.75, 3.05) is 13.1 Å². The molecule has 2 aromatic rings. The molecule has 0 aromatic heterocycles. The van der Waals surface area contributed by atoms with Crippen LogP contribution < -0.4 is 10.6 Å². The van der Waals surface area contributed by atoms with Gasteiger partial charge in [0.15, 0.2) is 6.54 Å². The lowest BCUT2D eigenvalue weighted by molar-refractivity contribution is -0.682. The van der Waals surface area contributed by atoms with E-state index in [-0.39, 0.29) is 5.91 Å². The van der Waals surface area contributed by atoms with Gasteiger partial charge in [-0.1, -0.05) is 60.7 Å². The lowest BCUT2D eigenvalue weighted by atomic mass is 10.1. The average molecular weight is 283 g/mol. The SMILES string of the molecule is C[C@H]([NH2+]CC(=O)NCCc1ccccc1)c1ccccc1. The summed E-state index contributed by atoms with van der Waals surface area (Å²) in [6.07, 6.45) is 0.876. The van der Waals surface area contributed by atoms with E-state index in [9.17, 15) is 4.79 Å². The molecule has 0 aliphatic carbocycles. The Morgan fingerprint density at radius 3 is 2.33 bits per heavy atom. The van der Waals surface area contributed by atoms with E-state index >= 15 is 0 Å². The van der Waals surface area contributed by atoms with Gasteiger partial charge in [0.2, 0.25) is 0 Å². The highest BCUT2D eigenvalue weighted by atomic mass is 16.1. The van der Waals surface area contributed by atoms with Crippen molar-refractivity contribution in [1.29, 1.82) is 0 Å². The lowest BCUT2D eigenvalue weighted by Gasteiger charge is -2.11. The zero-order valence-corrected chi connectivity index (χ0v) is 12.5. The van der Waals surface area contributed by atoms with Crippen LogP contribution in [0, 0.1) is 0 Å². The lowest BCUT2D eigenvalue weighted by Crippen LogP contribution is -2.87. The Hall–Kier alpha value is -2.13. The molecule has 2 aromatic carbocycles. The van der Waals surface area contributed by atoms with Crippen molar-refractivity contribution in [3.05, 3.63) is 71.8 Å². The zero-order chi connectivity index (χ0) is 14.9. The fourth-order valence-corrected chi connectivity index (χ4v) is 2.24. The zero-order valence-electron chi connectivity index (χ0n) is 12.5. The average Bonchev–Trinajstić information content (AvgIpc) is 2.54. The predicted octanol–water partition coefficient (Wildman–Crippen LogP) is 1.67. The molecular formula is C18H23N2O+. The van der Waals surface area contributed by atoms with Crippen molar-refractivity contribution < 1.29 is 10.1 Å². The molecule has 21 heavy (non-hydrogen) atoms. The van der Waals surface area contributed by atoms with E-state index < -0.39 is 0 Å². The summed E-state index contributed by atoms with van der Waals surface area (Å²) in [6.45, 7) is 3.27. The number of rotatable bonds is 7. The molecule has 0 saturated heterocycles. The van der Waals surface area contributed by atoms with Crippen molar-refractivity contribution in [3.8, 4) is 0 Å². The standard InChI is InChI=1S/C18H22N2O/c1-15(17-10-6-3-7-11-17)20-14-18(21)19-13-12-16-8-4-2-5-9-16/h2-11,15,20H,12-14H2,1H3,(H,19,21)/p+1/t15-/m0/s1. The summed E-state index contributed by atoms with van der Waals surface area (Å²) >= 11 is 0. The van der Waals surface area contributed by atoms with Gasteiger partial charge < -0.3 is 10.6 Å². The van der Waals surface area contributed by atoms with Gasteiger partial charge in [-0.3, -0.25) is 4.79 Å². The summed E-state index contributed by atoms with van der Waals surface area (Å²) in [7, 11) is 0. The van der Waals surface area contributed by atoms with Crippen LogP contribution in [-0.2, 0) is 11.2 Å². The topological polar surface area (TPSA) is 45.7 Å². The molecule has 110 valence electrons. The van der Waals surface area contributed by atoms with Gasteiger partial charge in [0.25, 0.3) is 5.91 Å². The number of nitrogens with one attached hydrogen (secondary N) is 1. The number of quaternary nitrogens is 1. The van der Waals surface area contributed by atoms with Gasteiger partial charge in [0.05, 0.1) is 0 Å². The number of carbonyl (C=O) groups is 1. The van der Waals surface area contributed by atoms with E-state index in [1.165, 1.54) is 11.1 Å². The molecule has 0 saturated carbocycles. The van der Waals surface area contributed by atoms with Crippen LogP contribution in [0.25, 0.3) is 0 Å². The van der Waals surface area contributed by atoms with Gasteiger partial charge in [-0.15, -0.1) is 0 Å². The van der Waals surface area contributed by atoms with E-state index in [2.05, 4.69) is 41.8 Å². The second-order valence-corrected chi connectivity index (χ2v) is 5.22. The summed E-state index contributed by atoms with van der Waals surface area (Å²) in [6, 6.07) is 20.7. The van der Waals surface area contributed by atoms with E-state index in [0.717, 1.165) is 6.42 Å². The third-order valence-corrected chi connectivity index (χ3v) is 3.56. The first-order valence-electron chi connectivity index (χ1n) is 7.44. The Morgan fingerprint density at radius 2 is 1.67 bits per heavy atom. The van der Waals surface area contributed by atoms with Crippen LogP contribution >= 0.6 is 0 Å². The minimum absolute atomic E-state index is 0.0914. The molecule has 1 atom stereocenters. The van der Waals surface area contributed by atoms with E-state index in [1.807, 2.05) is 36.4 Å². The normalized spacial score (nSPS) is 11.9. The second-order valence-electron chi connectivity index (χ2n) is 5.22. The van der Waals surface area contributed by atoms with Crippen molar-refractivity contribution in [2.45, 2.75) is 19.4 Å². The fourth-order valence-electron chi connectivity index (χ4n) is 2.24. The maximum absolute atomic E-state index is 11.8. The van der Waals surface area contributed by atoms with Gasteiger partial charge in [-0.2, -0.15) is 0 Å². The van der Waals surface area contributed by atoms with Crippen LogP contribution in [0.3, 0.4) is 0 Å². The summed E-state index contributed by atoms with van der Waals surface area (Å²) in [5.41, 5.74) is 2.49. The first-order valence-corrected chi connectivity index (χ1v) is 7.44. The summed E-state index contributed by atoms with van der Waals surface area (Å²) in [5.74, 6) is 0.0914. The molecule has 3 nitrogen and oxygen atoms in total. The molecule has 0 heterocycles. The molecule has 0 fully saturated rings. The molecular weight excluding hydrogens is 260 g/mol. The quantitative estimate of drug-likeness (QED) is 0.798. The summed E-state index contributed by atoms with van der Waals surface area (Å²) in [5, 5.41) is 5.03. The van der Waals surface area contributed by atoms with Gasteiger partial charge in [0.1, 0.15) is 6.04 Å². The van der Waals surface area contributed by atoms with Gasteiger partial charge >= 0.3 is 0 Å². The molecule has 3 heteroatoms. The Kier molecular flexibility index (Phi) is 5.98. The maximum atomic E-state index is 11.8. The molecule has 0 aliphatic rings. The molecule has 1 amide bonds. The molecule has 0 radical (unpaired) electrons. The van der Waals surface area contributed by atoms with Crippen LogP contribution in [0.1, 0.15) is 24.1 Å². The third-order valence-electron chi connectivity index (χ3n) is 3.56. The highest BCUT2D eigenvalue weighted by Gasteiger charge is 2.10. The number of hydrogen-bond acceptors (Lipinski definition) is 1. The maximum Gasteiger partial charge on any atom is 0.275 e. The molecule has 0 unspecified atom stereocenters. The molecule has 0 bridgehead atoms. The van der Waals surface area contributed by atoms with E-state index in [4.69, 9.17) is 0 Å². The van der Waals surface area contributed by atoms with Gasteiger partial charge in [-0.25, -0.2) is 0 Å². The largest absolute Gasteiger partial charge is 0.351 e. The summed E-state index contributed by atoms with van der Waals surface area (Å²) in [4.78, 5) is 11.8. The number of benzene rings is 2. The minimum atomic E-state index is 0.0914. The number of nitrogens with two attached hydrogens (primary N) is 1. The Bertz CT molecular complexity index is 540. The van der Waals surface area contributed by atoms with Crippen LogP contribution in [0.2, 0.25) is 0 Å². The Balaban J connectivity index is 1.66. The van der Waals surface area contributed by atoms with Crippen LogP contribution in [0.15, 0.2) is 60.7 Å². The van der Waals surface area contributed by atoms with Gasteiger partial charge in [0, 0.05) is 12.1 Å². The van der Waals surface area contributed by atoms with Crippen LogP contribution in [0.4, 0.5) is 0 Å². The fraction of sp³-hybridized carbons (Fsp3) is 0.278. The number of carbonyl (C=O) groups excluding carboxylic acids is 1. The molecule has 0 spiro atoms. The first-order chi connectivity index (χ1) is 10.3. The predicted molar refractivity (Wildman–Crippen MR) is 84.8 cm³/mol. The highest BCUT2D eigenvalue weighted by Crippen LogP contribution is 2.05. The monoisotopic (exact) mass is 283 g/mol. The molecule has 2 rings (SSSR count). The number of amides is 1. The third kappa shape index (κ3) is 5.40. The molecule has 0 aliphatic heterocycles. The van der Waals surface area contributed by atoms with E-state index in [1.54, 1.807) is 0 Å². The van der Waals surface area contributed by atoms with E-state index in [0.29, 0.717) is 19.1 Å². The minimum Gasteiger partial charge on any atom is -0.351 e. The first kappa shape index (κ1) is 15.3. The summed E-state index contributed by atoms with van der Waals surface area (Å²) < 4.78 is 0. The second kappa shape index (κ2) is 8.22. The van der Waals surface area contributed by atoms with Crippen molar-refractivity contribution in [3.63, 3.8) is 0 Å².